The lowest BCUT2D eigenvalue weighted by molar-refractivity contribution is -0.118. The number of nitrogens with one attached hydrogen (secondary N) is 1. The van der Waals surface area contributed by atoms with Gasteiger partial charge in [-0.2, -0.15) is 0 Å². The molecule has 0 fully saturated rings. The van der Waals surface area contributed by atoms with E-state index in [1.165, 1.54) is 6.08 Å². The van der Waals surface area contributed by atoms with E-state index in [0.29, 0.717) is 42.3 Å². The van der Waals surface area contributed by atoms with Crippen LogP contribution in [0.15, 0.2) is 72.8 Å². The van der Waals surface area contributed by atoms with Crippen LogP contribution in [0.4, 0.5) is 0 Å². The number of ether oxygens (including phenoxy) is 2. The van der Waals surface area contributed by atoms with E-state index in [2.05, 4.69) is 5.32 Å². The molecule has 1 N–H and O–H groups in total. The molecule has 6 rings (SSSR count). The summed E-state index contributed by atoms with van der Waals surface area (Å²) in [4.78, 5) is 41.6. The lowest BCUT2D eigenvalue weighted by atomic mass is 9.94. The molecule has 7 nitrogen and oxygen atoms in total. The van der Waals surface area contributed by atoms with Gasteiger partial charge >= 0.3 is 0 Å². The van der Waals surface area contributed by atoms with Crippen molar-refractivity contribution in [3.8, 4) is 11.5 Å². The molecule has 3 aromatic rings. The standard InChI is InChI=1S/C30H26N2O5/c33-26(18-24-23-17-28-27(36-13-6-14-37-28)16-20(23)11-12-31-24)25(15-19-7-2-1-3-8-19)32-29(34)21-9-4-5-10-22(21)30(32)35/h1-5,7-10,16-18,25,31H,6,11-15H2/b24-18-/t25-/m1/s1. The largest absolute Gasteiger partial charge is 0.490 e. The highest BCUT2D eigenvalue weighted by Gasteiger charge is 2.42. The molecule has 0 spiro atoms. The highest BCUT2D eigenvalue weighted by molar-refractivity contribution is 6.23. The predicted molar refractivity (Wildman–Crippen MR) is 138 cm³/mol. The van der Waals surface area contributed by atoms with Crippen molar-refractivity contribution in [1.82, 2.24) is 10.2 Å². The summed E-state index contributed by atoms with van der Waals surface area (Å²) in [5.41, 5.74) is 4.09. The Morgan fingerprint density at radius 3 is 2.24 bits per heavy atom. The molecule has 0 aliphatic carbocycles. The molecular weight excluding hydrogens is 468 g/mol. The molecule has 0 bridgehead atoms. The van der Waals surface area contributed by atoms with Gasteiger partial charge in [0.1, 0.15) is 6.04 Å². The summed E-state index contributed by atoms with van der Waals surface area (Å²) in [6.07, 6.45) is 3.34. The number of nitrogens with zero attached hydrogens (tertiary/aromatic N) is 1. The zero-order chi connectivity index (χ0) is 25.4. The van der Waals surface area contributed by atoms with Crippen LogP contribution >= 0.6 is 0 Å². The number of ketones is 1. The van der Waals surface area contributed by atoms with E-state index in [9.17, 15) is 14.4 Å². The van der Waals surface area contributed by atoms with Gasteiger partial charge in [-0.05, 0) is 41.8 Å². The summed E-state index contributed by atoms with van der Waals surface area (Å²) in [6, 6.07) is 19.1. The second-order valence-electron chi connectivity index (χ2n) is 9.38. The Kier molecular flexibility index (Phi) is 5.96. The van der Waals surface area contributed by atoms with Crippen molar-refractivity contribution in [3.63, 3.8) is 0 Å². The number of imide groups is 1. The van der Waals surface area contributed by atoms with E-state index in [1.807, 2.05) is 42.5 Å². The van der Waals surface area contributed by atoms with Crippen LogP contribution in [0.2, 0.25) is 0 Å². The van der Waals surface area contributed by atoms with Crippen LogP contribution in [0.1, 0.15) is 43.8 Å². The zero-order valence-corrected chi connectivity index (χ0v) is 20.2. The average molecular weight is 495 g/mol. The van der Waals surface area contributed by atoms with Crippen molar-refractivity contribution < 1.29 is 23.9 Å². The van der Waals surface area contributed by atoms with E-state index in [1.54, 1.807) is 24.3 Å². The highest BCUT2D eigenvalue weighted by atomic mass is 16.5. The maximum Gasteiger partial charge on any atom is 0.262 e. The van der Waals surface area contributed by atoms with Gasteiger partial charge in [-0.15, -0.1) is 0 Å². The maximum atomic E-state index is 13.9. The lowest BCUT2D eigenvalue weighted by Crippen LogP contribution is -2.46. The molecule has 0 saturated heterocycles. The summed E-state index contributed by atoms with van der Waals surface area (Å²) < 4.78 is 11.7. The van der Waals surface area contributed by atoms with Gasteiger partial charge < -0.3 is 14.8 Å². The Balaban J connectivity index is 1.38. The van der Waals surface area contributed by atoms with E-state index >= 15 is 0 Å². The third-order valence-electron chi connectivity index (χ3n) is 7.00. The van der Waals surface area contributed by atoms with Crippen molar-refractivity contribution >= 4 is 23.3 Å². The van der Waals surface area contributed by atoms with E-state index in [4.69, 9.17) is 9.47 Å². The fourth-order valence-electron chi connectivity index (χ4n) is 5.15. The van der Waals surface area contributed by atoms with Crippen LogP contribution < -0.4 is 14.8 Å². The van der Waals surface area contributed by atoms with Crippen molar-refractivity contribution in [2.45, 2.75) is 25.3 Å². The minimum Gasteiger partial charge on any atom is -0.490 e. The summed E-state index contributed by atoms with van der Waals surface area (Å²) in [7, 11) is 0. The Hall–Kier alpha value is -4.39. The monoisotopic (exact) mass is 494 g/mol. The van der Waals surface area contributed by atoms with Gasteiger partial charge in [-0.25, -0.2) is 0 Å². The maximum absolute atomic E-state index is 13.9. The second-order valence-corrected chi connectivity index (χ2v) is 9.38. The lowest BCUT2D eigenvalue weighted by Gasteiger charge is -2.26. The van der Waals surface area contributed by atoms with Gasteiger partial charge in [0, 0.05) is 36.7 Å². The fourth-order valence-corrected chi connectivity index (χ4v) is 5.15. The minimum absolute atomic E-state index is 0.225. The van der Waals surface area contributed by atoms with E-state index in [0.717, 1.165) is 40.2 Å². The molecule has 3 heterocycles. The molecule has 0 unspecified atom stereocenters. The number of rotatable bonds is 5. The number of amides is 2. The third-order valence-corrected chi connectivity index (χ3v) is 7.00. The van der Waals surface area contributed by atoms with Crippen molar-refractivity contribution in [2.75, 3.05) is 19.8 Å². The molecule has 0 saturated carbocycles. The van der Waals surface area contributed by atoms with Gasteiger partial charge in [-0.3, -0.25) is 19.3 Å². The molecule has 3 aliphatic heterocycles. The number of hydrogen-bond donors (Lipinski definition) is 1. The van der Waals surface area contributed by atoms with Gasteiger partial charge in [-0.1, -0.05) is 42.5 Å². The first-order chi connectivity index (χ1) is 18.1. The summed E-state index contributed by atoms with van der Waals surface area (Å²) >= 11 is 0. The van der Waals surface area contributed by atoms with Crippen LogP contribution in [-0.2, 0) is 17.6 Å². The Morgan fingerprint density at radius 1 is 0.892 bits per heavy atom. The average Bonchev–Trinajstić information content (AvgIpc) is 3.05. The number of fused-ring (bicyclic) bond motifs is 3. The van der Waals surface area contributed by atoms with Gasteiger partial charge in [0.05, 0.1) is 24.3 Å². The Labute approximate surface area is 214 Å². The Bertz CT molecular complexity index is 1390. The molecule has 1 atom stereocenters. The minimum atomic E-state index is -0.977. The number of carbonyl (C=O) groups excluding carboxylic acids is 3. The molecule has 2 amide bonds. The van der Waals surface area contributed by atoms with Gasteiger partial charge in [0.15, 0.2) is 17.3 Å². The highest BCUT2D eigenvalue weighted by Crippen LogP contribution is 2.37. The first-order valence-electron chi connectivity index (χ1n) is 12.5. The Morgan fingerprint density at radius 2 is 1.54 bits per heavy atom. The molecule has 7 heteroatoms. The quantitative estimate of drug-likeness (QED) is 0.429. The van der Waals surface area contributed by atoms with Crippen LogP contribution in [0.25, 0.3) is 5.70 Å². The second kappa shape index (κ2) is 9.58. The molecule has 186 valence electrons. The zero-order valence-electron chi connectivity index (χ0n) is 20.2. The summed E-state index contributed by atoms with van der Waals surface area (Å²) in [5, 5.41) is 3.33. The van der Waals surface area contributed by atoms with Crippen LogP contribution in [0, 0.1) is 0 Å². The smallest absolute Gasteiger partial charge is 0.262 e. The molecule has 37 heavy (non-hydrogen) atoms. The fraction of sp³-hybridized carbons (Fsp3) is 0.233. The normalized spacial score (nSPS) is 18.1. The third kappa shape index (κ3) is 4.27. The van der Waals surface area contributed by atoms with Crippen molar-refractivity contribution in [2.24, 2.45) is 0 Å². The number of benzene rings is 3. The molecular formula is C30H26N2O5. The van der Waals surface area contributed by atoms with Crippen LogP contribution in [0.3, 0.4) is 0 Å². The molecule has 0 radical (unpaired) electrons. The summed E-state index contributed by atoms with van der Waals surface area (Å²) in [6.45, 7) is 1.82. The summed E-state index contributed by atoms with van der Waals surface area (Å²) in [5.74, 6) is 0.166. The number of carbonyl (C=O) groups is 3. The molecule has 0 aromatic heterocycles. The van der Waals surface area contributed by atoms with Gasteiger partial charge in [0.2, 0.25) is 0 Å². The SMILES string of the molecule is O=C(/C=C1\NCCc2cc3c(cc21)OCCCO3)[C@@H](Cc1ccccc1)N1C(=O)c2ccccc2C1=O. The predicted octanol–water partition coefficient (Wildman–Crippen LogP) is 3.81. The van der Waals surface area contributed by atoms with Gasteiger partial charge in [0.25, 0.3) is 11.8 Å². The molecule has 3 aliphatic rings. The topological polar surface area (TPSA) is 84.9 Å². The van der Waals surface area contributed by atoms with Crippen LogP contribution in [0.5, 0.6) is 11.5 Å². The number of hydrogen-bond acceptors (Lipinski definition) is 6. The van der Waals surface area contributed by atoms with E-state index in [-0.39, 0.29) is 12.2 Å². The first-order valence-corrected chi connectivity index (χ1v) is 12.5. The van der Waals surface area contributed by atoms with Crippen molar-refractivity contribution in [1.29, 1.82) is 0 Å². The molecule has 3 aromatic carbocycles. The van der Waals surface area contributed by atoms with E-state index < -0.39 is 17.9 Å². The van der Waals surface area contributed by atoms with Crippen LogP contribution in [-0.4, -0.2) is 48.3 Å². The first kappa shape index (κ1) is 23.0. The van der Waals surface area contributed by atoms with Crippen molar-refractivity contribution in [3.05, 3.63) is 101 Å².